The molecule has 6 heteroatoms. The Hall–Kier alpha value is -2.50. The molecule has 2 N–H and O–H groups in total. The number of carbonyl (C=O) groups is 1. The fraction of sp³-hybridized carbons (Fsp3) is 0.409. The summed E-state index contributed by atoms with van der Waals surface area (Å²) < 4.78 is 41.1. The summed E-state index contributed by atoms with van der Waals surface area (Å²) in [5.74, 6) is -0.107. The van der Waals surface area contributed by atoms with Crippen LogP contribution in [0.5, 0.6) is 0 Å². The Kier molecular flexibility index (Phi) is 3.77. The molecule has 0 amide bonds. The van der Waals surface area contributed by atoms with Crippen molar-refractivity contribution in [3.63, 3.8) is 0 Å². The van der Waals surface area contributed by atoms with Crippen molar-refractivity contribution >= 4 is 11.7 Å². The zero-order valence-electron chi connectivity index (χ0n) is 15.0. The summed E-state index contributed by atoms with van der Waals surface area (Å²) >= 11 is 0. The maximum Gasteiger partial charge on any atom is 0.416 e. The first-order valence-corrected chi connectivity index (χ1v) is 9.65. The van der Waals surface area contributed by atoms with E-state index in [9.17, 15) is 23.1 Å². The highest BCUT2D eigenvalue weighted by Gasteiger charge is 2.55. The molecule has 0 saturated heterocycles. The Morgan fingerprint density at radius 1 is 1.00 bits per heavy atom. The normalized spacial score (nSPS) is 30.5. The molecular formula is C22H20F3NO2. The summed E-state index contributed by atoms with van der Waals surface area (Å²) in [6.07, 6.45) is -1.33. The fourth-order valence-electron chi connectivity index (χ4n) is 6.03. The van der Waals surface area contributed by atoms with Crippen LogP contribution in [0.15, 0.2) is 42.5 Å². The SMILES string of the molecule is O=C(O)c1cccc2c1N[C@H](c1ccccc1C(F)(F)F)[C@H]1[C@H]3CC[C@@H](C3)[C@H]21. The molecule has 5 rings (SSSR count). The van der Waals surface area contributed by atoms with Gasteiger partial charge in [-0.15, -0.1) is 0 Å². The Labute approximate surface area is 160 Å². The van der Waals surface area contributed by atoms with Crippen LogP contribution in [-0.4, -0.2) is 11.1 Å². The largest absolute Gasteiger partial charge is 0.478 e. The molecule has 2 aromatic carbocycles. The number of benzene rings is 2. The van der Waals surface area contributed by atoms with Gasteiger partial charge in [0.15, 0.2) is 0 Å². The number of nitrogens with one attached hydrogen (secondary N) is 1. The van der Waals surface area contributed by atoms with Crippen LogP contribution in [0.2, 0.25) is 0 Å². The van der Waals surface area contributed by atoms with Gasteiger partial charge in [-0.25, -0.2) is 4.79 Å². The molecule has 146 valence electrons. The molecule has 28 heavy (non-hydrogen) atoms. The summed E-state index contributed by atoms with van der Waals surface area (Å²) in [6, 6.07) is 10.4. The predicted molar refractivity (Wildman–Crippen MR) is 98.3 cm³/mol. The molecule has 0 unspecified atom stereocenters. The summed E-state index contributed by atoms with van der Waals surface area (Å²) in [6.45, 7) is 0. The van der Waals surface area contributed by atoms with Crippen molar-refractivity contribution in [3.8, 4) is 0 Å². The van der Waals surface area contributed by atoms with E-state index in [1.807, 2.05) is 6.07 Å². The lowest BCUT2D eigenvalue weighted by Crippen LogP contribution is -2.37. The maximum absolute atomic E-state index is 13.7. The van der Waals surface area contributed by atoms with Crippen molar-refractivity contribution in [2.24, 2.45) is 17.8 Å². The average molecular weight is 387 g/mol. The number of halogens is 3. The fourth-order valence-corrected chi connectivity index (χ4v) is 6.03. The second-order valence-corrected chi connectivity index (χ2v) is 8.22. The third-order valence-corrected chi connectivity index (χ3v) is 6.95. The molecule has 3 aliphatic rings. The van der Waals surface area contributed by atoms with Gasteiger partial charge < -0.3 is 10.4 Å². The minimum absolute atomic E-state index is 0.0544. The second-order valence-electron chi connectivity index (χ2n) is 8.22. The minimum Gasteiger partial charge on any atom is -0.478 e. The number of alkyl halides is 3. The molecule has 0 spiro atoms. The first-order valence-electron chi connectivity index (χ1n) is 9.65. The van der Waals surface area contributed by atoms with E-state index in [4.69, 9.17) is 0 Å². The maximum atomic E-state index is 13.7. The average Bonchev–Trinajstić information content (AvgIpc) is 3.28. The van der Waals surface area contributed by atoms with Crippen molar-refractivity contribution in [2.45, 2.75) is 37.4 Å². The van der Waals surface area contributed by atoms with E-state index >= 15 is 0 Å². The number of para-hydroxylation sites is 1. The lowest BCUT2D eigenvalue weighted by Gasteiger charge is -2.44. The molecule has 2 fully saturated rings. The molecule has 5 atom stereocenters. The lowest BCUT2D eigenvalue weighted by molar-refractivity contribution is -0.138. The topological polar surface area (TPSA) is 49.3 Å². The highest BCUT2D eigenvalue weighted by molar-refractivity contribution is 5.95. The molecule has 0 aromatic heterocycles. The van der Waals surface area contributed by atoms with Crippen LogP contribution in [0.25, 0.3) is 0 Å². The summed E-state index contributed by atoms with van der Waals surface area (Å²) in [5, 5.41) is 12.9. The number of anilines is 1. The number of hydrogen-bond donors (Lipinski definition) is 2. The van der Waals surface area contributed by atoms with Crippen LogP contribution in [-0.2, 0) is 6.18 Å². The van der Waals surface area contributed by atoms with E-state index in [0.717, 1.165) is 30.9 Å². The number of rotatable bonds is 2. The van der Waals surface area contributed by atoms with Gasteiger partial charge in [-0.3, -0.25) is 0 Å². The summed E-state index contributed by atoms with van der Waals surface area (Å²) in [4.78, 5) is 11.8. The summed E-state index contributed by atoms with van der Waals surface area (Å²) in [5.41, 5.74) is 1.17. The monoisotopic (exact) mass is 387 g/mol. The van der Waals surface area contributed by atoms with Crippen molar-refractivity contribution in [3.05, 3.63) is 64.7 Å². The van der Waals surface area contributed by atoms with Crippen LogP contribution < -0.4 is 5.32 Å². The molecule has 1 aliphatic heterocycles. The van der Waals surface area contributed by atoms with Crippen molar-refractivity contribution in [1.82, 2.24) is 0 Å². The van der Waals surface area contributed by atoms with Crippen LogP contribution >= 0.6 is 0 Å². The number of carboxylic acids is 1. The van der Waals surface area contributed by atoms with Gasteiger partial charge in [-0.2, -0.15) is 13.2 Å². The smallest absolute Gasteiger partial charge is 0.416 e. The van der Waals surface area contributed by atoms with E-state index < -0.39 is 23.8 Å². The van der Waals surface area contributed by atoms with Crippen LogP contribution in [0.1, 0.15) is 58.3 Å². The zero-order chi connectivity index (χ0) is 19.6. The van der Waals surface area contributed by atoms with Crippen LogP contribution in [0, 0.1) is 17.8 Å². The van der Waals surface area contributed by atoms with Gasteiger partial charge in [0, 0.05) is 0 Å². The van der Waals surface area contributed by atoms with Gasteiger partial charge in [0.1, 0.15) is 0 Å². The third-order valence-electron chi connectivity index (χ3n) is 6.95. The van der Waals surface area contributed by atoms with Crippen molar-refractivity contribution in [1.29, 1.82) is 0 Å². The molecule has 0 radical (unpaired) electrons. The van der Waals surface area contributed by atoms with Gasteiger partial charge in [0.05, 0.1) is 22.9 Å². The van der Waals surface area contributed by atoms with Gasteiger partial charge in [0.25, 0.3) is 0 Å². The number of fused-ring (bicyclic) bond motifs is 7. The quantitative estimate of drug-likeness (QED) is 0.695. The third kappa shape index (κ3) is 2.46. The Morgan fingerprint density at radius 2 is 1.71 bits per heavy atom. The first-order chi connectivity index (χ1) is 13.4. The van der Waals surface area contributed by atoms with E-state index in [-0.39, 0.29) is 23.0 Å². The predicted octanol–water partition coefficient (Wildman–Crippen LogP) is 5.70. The van der Waals surface area contributed by atoms with E-state index in [2.05, 4.69) is 5.32 Å². The molecule has 1 heterocycles. The molecule has 2 bridgehead atoms. The van der Waals surface area contributed by atoms with Gasteiger partial charge in [-0.05, 0) is 66.2 Å². The molecule has 2 aromatic rings. The van der Waals surface area contributed by atoms with Gasteiger partial charge in [0.2, 0.25) is 0 Å². The molecule has 2 aliphatic carbocycles. The minimum atomic E-state index is -4.45. The Morgan fingerprint density at radius 3 is 2.46 bits per heavy atom. The number of hydrogen-bond acceptors (Lipinski definition) is 2. The van der Waals surface area contributed by atoms with E-state index in [1.165, 1.54) is 18.2 Å². The highest BCUT2D eigenvalue weighted by atomic mass is 19.4. The highest BCUT2D eigenvalue weighted by Crippen LogP contribution is 2.64. The number of carboxylic acid groups (broad SMARTS) is 1. The molecule has 2 saturated carbocycles. The van der Waals surface area contributed by atoms with Crippen LogP contribution in [0.3, 0.4) is 0 Å². The molecular weight excluding hydrogens is 367 g/mol. The van der Waals surface area contributed by atoms with Crippen molar-refractivity contribution < 1.29 is 23.1 Å². The Balaban J connectivity index is 1.70. The van der Waals surface area contributed by atoms with Gasteiger partial charge >= 0.3 is 12.1 Å². The van der Waals surface area contributed by atoms with E-state index in [0.29, 0.717) is 17.5 Å². The van der Waals surface area contributed by atoms with Crippen LogP contribution in [0.4, 0.5) is 18.9 Å². The van der Waals surface area contributed by atoms with E-state index in [1.54, 1.807) is 12.1 Å². The standard InChI is InChI=1S/C22H20F3NO2/c23-22(24,25)16-7-2-1-4-13(16)20-18-12-9-8-11(10-12)17(18)14-5-3-6-15(21(27)28)19(14)26-20/h1-7,11-12,17-18,20,26H,8-10H2,(H,27,28)/t11-,12-,17+,18-,20+/m0/s1. The molecule has 3 nitrogen and oxygen atoms in total. The second kappa shape index (κ2) is 6.00. The van der Waals surface area contributed by atoms with Gasteiger partial charge in [-0.1, -0.05) is 30.3 Å². The number of aromatic carboxylic acids is 1. The summed E-state index contributed by atoms with van der Waals surface area (Å²) in [7, 11) is 0. The lowest BCUT2D eigenvalue weighted by atomic mass is 9.67. The Bertz CT molecular complexity index is 955. The first kappa shape index (κ1) is 17.6. The van der Waals surface area contributed by atoms with Crippen molar-refractivity contribution in [2.75, 3.05) is 5.32 Å². The zero-order valence-corrected chi connectivity index (χ0v) is 15.0.